The fourth-order valence-electron chi connectivity index (χ4n) is 4.25. The summed E-state index contributed by atoms with van der Waals surface area (Å²) in [7, 11) is 3.18. The minimum absolute atomic E-state index is 0.0543. The molecule has 0 unspecified atom stereocenters. The van der Waals surface area contributed by atoms with Crippen LogP contribution in [0.2, 0.25) is 0 Å². The highest BCUT2D eigenvalue weighted by Crippen LogP contribution is 2.28. The molecule has 1 fully saturated rings. The second kappa shape index (κ2) is 11.7. The summed E-state index contributed by atoms with van der Waals surface area (Å²) in [6.07, 6.45) is 3.50. The lowest BCUT2D eigenvalue weighted by Crippen LogP contribution is -2.52. The fourth-order valence-corrected chi connectivity index (χ4v) is 4.25. The number of rotatable bonds is 9. The van der Waals surface area contributed by atoms with Gasteiger partial charge in [-0.1, -0.05) is 29.5 Å². The van der Waals surface area contributed by atoms with E-state index in [2.05, 4.69) is 20.9 Å². The molecule has 0 bridgehead atoms. The molecular formula is C25H31N5O5. The first-order valence-electron chi connectivity index (χ1n) is 11.6. The van der Waals surface area contributed by atoms with Crippen LogP contribution in [-0.2, 0) is 11.3 Å². The largest absolute Gasteiger partial charge is 0.496 e. The molecule has 1 aliphatic rings. The van der Waals surface area contributed by atoms with Crippen LogP contribution in [0.5, 0.6) is 11.5 Å². The number of hydrogen-bond donors (Lipinski definition) is 3. The normalized spacial score (nSPS) is 19.7. The molecule has 35 heavy (non-hydrogen) atoms. The van der Waals surface area contributed by atoms with Gasteiger partial charge in [0.2, 0.25) is 0 Å². The molecule has 2 amide bonds. The smallest absolute Gasteiger partial charge is 0.319 e. The first kappa shape index (κ1) is 24.5. The van der Waals surface area contributed by atoms with Crippen LogP contribution in [-0.4, -0.2) is 65.2 Å². The quantitative estimate of drug-likeness (QED) is 0.430. The van der Waals surface area contributed by atoms with Crippen molar-refractivity contribution >= 4 is 11.7 Å². The number of methoxy groups -OCH3 is 2. The van der Waals surface area contributed by atoms with Gasteiger partial charge in [0.15, 0.2) is 0 Å². The number of amides is 2. The Bertz CT molecular complexity index is 1120. The van der Waals surface area contributed by atoms with Gasteiger partial charge >= 0.3 is 6.03 Å². The molecule has 2 heterocycles. The highest BCUT2D eigenvalue weighted by Gasteiger charge is 2.32. The monoisotopic (exact) mass is 481 g/mol. The van der Waals surface area contributed by atoms with Crippen molar-refractivity contribution in [3.8, 4) is 22.8 Å². The SMILES string of the molecule is COc1ccccc1NC(=O)N[C@@H]1CC[C@H](CCn2cc(-c3ccccc3OC)nn2)O[C@H]1CO. The van der Waals surface area contributed by atoms with Gasteiger partial charge in [0.1, 0.15) is 23.3 Å². The number of hydrogen-bond acceptors (Lipinski definition) is 7. The standard InChI is InChI=1S/C25H31N5O5/c1-33-22-9-5-3-7-18(22)21-15-30(29-28-21)14-13-17-11-12-20(24(16-31)35-17)27-25(32)26-19-8-4-6-10-23(19)34-2/h3-10,15,17,20,24,31H,11-14,16H2,1-2H3,(H2,26,27,32)/t17-,20-,24+/m1/s1. The summed E-state index contributed by atoms with van der Waals surface area (Å²) in [6, 6.07) is 14.2. The Morgan fingerprint density at radius 2 is 1.86 bits per heavy atom. The van der Waals surface area contributed by atoms with E-state index in [1.54, 1.807) is 31.0 Å². The number of para-hydroxylation sites is 3. The van der Waals surface area contributed by atoms with Gasteiger partial charge in [0.05, 0.1) is 44.9 Å². The van der Waals surface area contributed by atoms with E-state index in [1.165, 1.54) is 0 Å². The van der Waals surface area contributed by atoms with Crippen LogP contribution >= 0.6 is 0 Å². The van der Waals surface area contributed by atoms with E-state index in [1.807, 2.05) is 42.6 Å². The number of anilines is 1. The van der Waals surface area contributed by atoms with Gasteiger partial charge in [0, 0.05) is 12.1 Å². The lowest BCUT2D eigenvalue weighted by Gasteiger charge is -2.36. The second-order valence-corrected chi connectivity index (χ2v) is 8.32. The Morgan fingerprint density at radius 1 is 1.11 bits per heavy atom. The van der Waals surface area contributed by atoms with Gasteiger partial charge in [0.25, 0.3) is 0 Å². The summed E-state index contributed by atoms with van der Waals surface area (Å²) in [5, 5.41) is 24.1. The molecule has 3 N–H and O–H groups in total. The molecule has 186 valence electrons. The van der Waals surface area contributed by atoms with Crippen LogP contribution in [0.15, 0.2) is 54.7 Å². The maximum Gasteiger partial charge on any atom is 0.319 e. The first-order valence-corrected chi connectivity index (χ1v) is 11.6. The highest BCUT2D eigenvalue weighted by molar-refractivity contribution is 5.91. The maximum absolute atomic E-state index is 12.5. The summed E-state index contributed by atoms with van der Waals surface area (Å²) in [4.78, 5) is 12.5. The molecule has 1 aliphatic heterocycles. The van der Waals surface area contributed by atoms with Crippen molar-refractivity contribution in [2.24, 2.45) is 0 Å². The van der Waals surface area contributed by atoms with E-state index in [-0.39, 0.29) is 24.8 Å². The lowest BCUT2D eigenvalue weighted by molar-refractivity contribution is -0.0905. The molecule has 10 nitrogen and oxygen atoms in total. The number of nitrogens with one attached hydrogen (secondary N) is 2. The van der Waals surface area contributed by atoms with Crippen LogP contribution in [0.3, 0.4) is 0 Å². The van der Waals surface area contributed by atoms with Crippen LogP contribution in [0, 0.1) is 0 Å². The molecule has 2 aromatic carbocycles. The average Bonchev–Trinajstić information content (AvgIpc) is 3.37. The van der Waals surface area contributed by atoms with E-state index < -0.39 is 6.10 Å². The van der Waals surface area contributed by atoms with Crippen molar-refractivity contribution in [2.45, 2.75) is 44.1 Å². The topological polar surface area (TPSA) is 120 Å². The van der Waals surface area contributed by atoms with Gasteiger partial charge in [-0.15, -0.1) is 5.10 Å². The zero-order valence-corrected chi connectivity index (χ0v) is 19.9. The fraction of sp³-hybridized carbons (Fsp3) is 0.400. The predicted octanol–water partition coefficient (Wildman–Crippen LogP) is 3.08. The van der Waals surface area contributed by atoms with E-state index >= 15 is 0 Å². The van der Waals surface area contributed by atoms with Gasteiger partial charge in [-0.3, -0.25) is 4.68 Å². The third-order valence-electron chi connectivity index (χ3n) is 6.07. The molecule has 3 atom stereocenters. The van der Waals surface area contributed by atoms with E-state index in [9.17, 15) is 9.90 Å². The molecular weight excluding hydrogens is 450 g/mol. The van der Waals surface area contributed by atoms with Crippen molar-refractivity contribution in [3.63, 3.8) is 0 Å². The van der Waals surface area contributed by atoms with Gasteiger partial charge in [-0.05, 0) is 43.5 Å². The van der Waals surface area contributed by atoms with Crippen LogP contribution in [0.25, 0.3) is 11.3 Å². The number of urea groups is 1. The van der Waals surface area contributed by atoms with Gasteiger partial charge < -0.3 is 30.0 Å². The number of ether oxygens (including phenoxy) is 3. The van der Waals surface area contributed by atoms with Crippen molar-refractivity contribution in [2.75, 3.05) is 26.1 Å². The molecule has 1 aromatic heterocycles. The van der Waals surface area contributed by atoms with Crippen molar-refractivity contribution in [3.05, 3.63) is 54.7 Å². The Kier molecular flexibility index (Phi) is 8.17. The van der Waals surface area contributed by atoms with E-state index in [0.29, 0.717) is 30.8 Å². The molecule has 1 saturated heterocycles. The Balaban J connectivity index is 1.29. The summed E-state index contributed by atoms with van der Waals surface area (Å²) < 4.78 is 18.6. The Hall–Kier alpha value is -3.63. The summed E-state index contributed by atoms with van der Waals surface area (Å²) in [5.41, 5.74) is 2.20. The van der Waals surface area contributed by atoms with Gasteiger partial charge in [-0.2, -0.15) is 0 Å². The molecule has 4 rings (SSSR count). The average molecular weight is 482 g/mol. The zero-order chi connectivity index (χ0) is 24.6. The molecule has 0 spiro atoms. The van der Waals surface area contributed by atoms with Crippen LogP contribution < -0.4 is 20.1 Å². The number of carbonyl (C=O) groups excluding carboxylic acids is 1. The molecule has 0 radical (unpaired) electrons. The van der Waals surface area contributed by atoms with Crippen molar-refractivity contribution in [1.29, 1.82) is 0 Å². The Morgan fingerprint density at radius 3 is 2.63 bits per heavy atom. The second-order valence-electron chi connectivity index (χ2n) is 8.32. The maximum atomic E-state index is 12.5. The summed E-state index contributed by atoms with van der Waals surface area (Å²) in [5.74, 6) is 1.32. The molecule has 10 heteroatoms. The number of carbonyl (C=O) groups is 1. The number of benzene rings is 2. The minimum atomic E-state index is -0.489. The molecule has 0 saturated carbocycles. The third-order valence-corrected chi connectivity index (χ3v) is 6.07. The van der Waals surface area contributed by atoms with Crippen LogP contribution in [0.1, 0.15) is 19.3 Å². The summed E-state index contributed by atoms with van der Waals surface area (Å²) in [6.45, 7) is 0.439. The minimum Gasteiger partial charge on any atom is -0.496 e. The van der Waals surface area contributed by atoms with Crippen molar-refractivity contribution < 1.29 is 24.1 Å². The lowest BCUT2D eigenvalue weighted by atomic mass is 9.97. The van der Waals surface area contributed by atoms with E-state index in [4.69, 9.17) is 14.2 Å². The number of aliphatic hydroxyl groups excluding tert-OH is 1. The number of aryl methyl sites for hydroxylation is 1. The van der Waals surface area contributed by atoms with Crippen LogP contribution in [0.4, 0.5) is 10.5 Å². The zero-order valence-electron chi connectivity index (χ0n) is 19.9. The van der Waals surface area contributed by atoms with E-state index in [0.717, 1.165) is 23.4 Å². The number of aromatic nitrogens is 3. The third kappa shape index (κ3) is 6.09. The number of aliphatic hydroxyl groups is 1. The predicted molar refractivity (Wildman–Crippen MR) is 131 cm³/mol. The highest BCUT2D eigenvalue weighted by atomic mass is 16.5. The first-order chi connectivity index (χ1) is 17.1. The molecule has 3 aromatic rings. The van der Waals surface area contributed by atoms with Crippen molar-refractivity contribution in [1.82, 2.24) is 20.3 Å². The van der Waals surface area contributed by atoms with Gasteiger partial charge in [-0.25, -0.2) is 4.79 Å². The molecule has 0 aliphatic carbocycles. The Labute approximate surface area is 204 Å². The summed E-state index contributed by atoms with van der Waals surface area (Å²) >= 11 is 0. The number of nitrogens with zero attached hydrogens (tertiary/aromatic N) is 3.